The molecule has 0 heterocycles. The minimum Gasteiger partial charge on any atom is -0.496 e. The standard InChI is InChI=1S/C22H26F2N2O2/c1-25-14-18-13-16(6-7-20(18)28-2)15-4-3-5-17(12-15)21(27)26-19-8-10-22(23,24)11-9-19/h3-7,12-13,19,25H,8-11,14H2,1-2H3,(H,26,27). The lowest BCUT2D eigenvalue weighted by molar-refractivity contribution is -0.0399. The molecule has 0 saturated heterocycles. The van der Waals surface area contributed by atoms with Gasteiger partial charge in [0.1, 0.15) is 5.75 Å². The Labute approximate surface area is 164 Å². The van der Waals surface area contributed by atoms with Crippen molar-refractivity contribution in [1.82, 2.24) is 10.6 Å². The normalized spacial score (nSPS) is 16.6. The van der Waals surface area contributed by atoms with Crippen LogP contribution in [0.5, 0.6) is 5.75 Å². The van der Waals surface area contributed by atoms with Gasteiger partial charge in [-0.25, -0.2) is 8.78 Å². The van der Waals surface area contributed by atoms with Crippen LogP contribution >= 0.6 is 0 Å². The lowest BCUT2D eigenvalue weighted by Crippen LogP contribution is -2.40. The Balaban J connectivity index is 1.75. The molecular formula is C22H26F2N2O2. The number of amides is 1. The van der Waals surface area contributed by atoms with Crippen LogP contribution < -0.4 is 15.4 Å². The summed E-state index contributed by atoms with van der Waals surface area (Å²) >= 11 is 0. The molecule has 0 aliphatic heterocycles. The number of ether oxygens (including phenoxy) is 1. The molecule has 2 N–H and O–H groups in total. The molecule has 0 unspecified atom stereocenters. The third-order valence-corrected chi connectivity index (χ3v) is 5.16. The molecule has 6 heteroatoms. The van der Waals surface area contributed by atoms with Crippen molar-refractivity contribution in [3.8, 4) is 16.9 Å². The first kappa shape index (κ1) is 20.3. The lowest BCUT2D eigenvalue weighted by atomic mass is 9.92. The van der Waals surface area contributed by atoms with Crippen LogP contribution in [0.2, 0.25) is 0 Å². The predicted molar refractivity (Wildman–Crippen MR) is 106 cm³/mol. The van der Waals surface area contributed by atoms with Crippen molar-refractivity contribution in [2.45, 2.75) is 44.2 Å². The molecule has 0 aromatic heterocycles. The first-order valence-corrected chi connectivity index (χ1v) is 9.52. The van der Waals surface area contributed by atoms with Gasteiger partial charge in [-0.15, -0.1) is 0 Å². The molecule has 0 bridgehead atoms. The van der Waals surface area contributed by atoms with Crippen LogP contribution in [-0.4, -0.2) is 32.0 Å². The van der Waals surface area contributed by atoms with E-state index in [2.05, 4.69) is 10.6 Å². The molecule has 0 atom stereocenters. The number of benzene rings is 2. The minimum absolute atomic E-state index is 0.169. The van der Waals surface area contributed by atoms with Crippen molar-refractivity contribution in [1.29, 1.82) is 0 Å². The molecule has 1 aliphatic carbocycles. The summed E-state index contributed by atoms with van der Waals surface area (Å²) in [5.74, 6) is -2.01. The largest absolute Gasteiger partial charge is 0.496 e. The van der Waals surface area contributed by atoms with Crippen LogP contribution in [0.25, 0.3) is 11.1 Å². The summed E-state index contributed by atoms with van der Waals surface area (Å²) in [6.07, 6.45) is 0.282. The molecule has 1 fully saturated rings. The molecule has 4 nitrogen and oxygen atoms in total. The highest BCUT2D eigenvalue weighted by atomic mass is 19.3. The van der Waals surface area contributed by atoms with E-state index in [0.29, 0.717) is 24.9 Å². The fraction of sp³-hybridized carbons (Fsp3) is 0.409. The Kier molecular flexibility index (Phi) is 6.29. The Morgan fingerprint density at radius 3 is 2.54 bits per heavy atom. The molecule has 28 heavy (non-hydrogen) atoms. The highest BCUT2D eigenvalue weighted by Crippen LogP contribution is 2.33. The predicted octanol–water partition coefficient (Wildman–Crippen LogP) is 4.39. The number of methoxy groups -OCH3 is 1. The SMILES string of the molecule is CNCc1cc(-c2cccc(C(=O)NC3CCC(F)(F)CC3)c2)ccc1OC. The van der Waals surface area contributed by atoms with Crippen molar-refractivity contribution < 1.29 is 18.3 Å². The average molecular weight is 388 g/mol. The summed E-state index contributed by atoms with van der Waals surface area (Å²) in [6.45, 7) is 0.670. The van der Waals surface area contributed by atoms with Gasteiger partial charge >= 0.3 is 0 Å². The summed E-state index contributed by atoms with van der Waals surface area (Å²) < 4.78 is 32.0. The Hall–Kier alpha value is -2.47. The van der Waals surface area contributed by atoms with E-state index in [-0.39, 0.29) is 24.8 Å². The molecule has 0 spiro atoms. The fourth-order valence-corrected chi connectivity index (χ4v) is 3.58. The van der Waals surface area contributed by atoms with E-state index in [1.54, 1.807) is 13.2 Å². The summed E-state index contributed by atoms with van der Waals surface area (Å²) in [5, 5.41) is 6.02. The maximum absolute atomic E-state index is 13.3. The first-order valence-electron chi connectivity index (χ1n) is 9.52. The molecule has 2 aromatic rings. The quantitative estimate of drug-likeness (QED) is 0.772. The molecule has 1 aliphatic rings. The fourth-order valence-electron chi connectivity index (χ4n) is 3.58. The van der Waals surface area contributed by atoms with Crippen LogP contribution in [0.3, 0.4) is 0 Å². The van der Waals surface area contributed by atoms with Gasteiger partial charge in [0, 0.05) is 36.6 Å². The van der Waals surface area contributed by atoms with E-state index in [1.807, 2.05) is 43.4 Å². The number of hydrogen-bond acceptors (Lipinski definition) is 3. The van der Waals surface area contributed by atoms with E-state index < -0.39 is 5.92 Å². The molecule has 1 amide bonds. The second kappa shape index (κ2) is 8.69. The number of hydrogen-bond donors (Lipinski definition) is 2. The summed E-state index contributed by atoms with van der Waals surface area (Å²) in [6, 6.07) is 13.1. The summed E-state index contributed by atoms with van der Waals surface area (Å²) in [4.78, 5) is 12.6. The number of rotatable bonds is 6. The molecular weight excluding hydrogens is 362 g/mol. The summed E-state index contributed by atoms with van der Waals surface area (Å²) in [7, 11) is 3.51. The highest BCUT2D eigenvalue weighted by Gasteiger charge is 2.35. The van der Waals surface area contributed by atoms with Gasteiger partial charge in [-0.1, -0.05) is 18.2 Å². The van der Waals surface area contributed by atoms with E-state index in [9.17, 15) is 13.6 Å². The molecule has 150 valence electrons. The monoisotopic (exact) mass is 388 g/mol. The molecule has 1 saturated carbocycles. The van der Waals surface area contributed by atoms with Gasteiger partial charge < -0.3 is 15.4 Å². The Morgan fingerprint density at radius 1 is 1.14 bits per heavy atom. The van der Waals surface area contributed by atoms with E-state index in [4.69, 9.17) is 4.74 Å². The van der Waals surface area contributed by atoms with Gasteiger partial charge in [-0.2, -0.15) is 0 Å². The van der Waals surface area contributed by atoms with Crippen molar-refractivity contribution in [3.63, 3.8) is 0 Å². The topological polar surface area (TPSA) is 50.4 Å². The van der Waals surface area contributed by atoms with Gasteiger partial charge in [-0.05, 0) is 55.3 Å². The van der Waals surface area contributed by atoms with Crippen molar-refractivity contribution in [2.24, 2.45) is 0 Å². The van der Waals surface area contributed by atoms with Crippen LogP contribution in [0, 0.1) is 0 Å². The molecule has 0 radical (unpaired) electrons. The zero-order chi connectivity index (χ0) is 20.1. The van der Waals surface area contributed by atoms with E-state index in [0.717, 1.165) is 22.4 Å². The van der Waals surface area contributed by atoms with Crippen LogP contribution in [0.4, 0.5) is 8.78 Å². The zero-order valence-corrected chi connectivity index (χ0v) is 16.2. The Morgan fingerprint density at radius 2 is 1.86 bits per heavy atom. The number of carbonyl (C=O) groups excluding carboxylic acids is 1. The maximum Gasteiger partial charge on any atom is 0.251 e. The van der Waals surface area contributed by atoms with Crippen LogP contribution in [0.1, 0.15) is 41.6 Å². The summed E-state index contributed by atoms with van der Waals surface area (Å²) in [5.41, 5.74) is 3.46. The minimum atomic E-state index is -2.60. The third kappa shape index (κ3) is 4.87. The zero-order valence-electron chi connectivity index (χ0n) is 16.2. The molecule has 2 aromatic carbocycles. The second-order valence-electron chi connectivity index (χ2n) is 7.24. The van der Waals surface area contributed by atoms with E-state index in [1.165, 1.54) is 0 Å². The smallest absolute Gasteiger partial charge is 0.251 e. The van der Waals surface area contributed by atoms with Gasteiger partial charge in [0.05, 0.1) is 7.11 Å². The van der Waals surface area contributed by atoms with Crippen LogP contribution in [0.15, 0.2) is 42.5 Å². The van der Waals surface area contributed by atoms with Gasteiger partial charge in [0.15, 0.2) is 0 Å². The number of alkyl halides is 2. The third-order valence-electron chi connectivity index (χ3n) is 5.16. The first-order chi connectivity index (χ1) is 13.4. The van der Waals surface area contributed by atoms with Crippen molar-refractivity contribution >= 4 is 5.91 Å². The van der Waals surface area contributed by atoms with Crippen molar-refractivity contribution in [2.75, 3.05) is 14.2 Å². The number of carbonyl (C=O) groups is 1. The van der Waals surface area contributed by atoms with E-state index >= 15 is 0 Å². The maximum atomic E-state index is 13.3. The highest BCUT2D eigenvalue weighted by molar-refractivity contribution is 5.95. The van der Waals surface area contributed by atoms with Gasteiger partial charge in [-0.3, -0.25) is 4.79 Å². The number of halogens is 2. The van der Waals surface area contributed by atoms with Crippen LogP contribution in [-0.2, 0) is 6.54 Å². The molecule has 3 rings (SSSR count). The van der Waals surface area contributed by atoms with Gasteiger partial charge in [0.2, 0.25) is 5.92 Å². The number of nitrogens with one attached hydrogen (secondary N) is 2. The van der Waals surface area contributed by atoms with Crippen molar-refractivity contribution in [3.05, 3.63) is 53.6 Å². The average Bonchev–Trinajstić information content (AvgIpc) is 2.70. The second-order valence-corrected chi connectivity index (χ2v) is 7.24. The van der Waals surface area contributed by atoms with Gasteiger partial charge in [0.25, 0.3) is 5.91 Å². The Bertz CT molecular complexity index is 829. The lowest BCUT2D eigenvalue weighted by Gasteiger charge is -2.28.